The van der Waals surface area contributed by atoms with E-state index in [1.807, 2.05) is 0 Å². The van der Waals surface area contributed by atoms with Crippen LogP contribution < -0.4 is 0 Å². The van der Waals surface area contributed by atoms with E-state index in [0.29, 0.717) is 0 Å². The van der Waals surface area contributed by atoms with Crippen molar-refractivity contribution in [1.82, 2.24) is 9.80 Å². The van der Waals surface area contributed by atoms with E-state index in [0.717, 1.165) is 5.92 Å². The van der Waals surface area contributed by atoms with Gasteiger partial charge in [-0.25, -0.2) is 0 Å². The molecule has 14 heavy (non-hydrogen) atoms. The lowest BCUT2D eigenvalue weighted by Gasteiger charge is -2.32. The molecular weight excluding hydrogens is 172 g/mol. The first-order chi connectivity index (χ1) is 6.72. The Kier molecular flexibility index (Phi) is 5.49. The molecular formula is C12H26N2. The van der Waals surface area contributed by atoms with E-state index < -0.39 is 0 Å². The van der Waals surface area contributed by atoms with Gasteiger partial charge in [-0.3, -0.25) is 0 Å². The van der Waals surface area contributed by atoms with Crippen LogP contribution in [-0.4, -0.2) is 49.6 Å². The minimum absolute atomic E-state index is 0.919. The largest absolute Gasteiger partial charge is 0.304 e. The Labute approximate surface area is 89.3 Å². The molecule has 2 nitrogen and oxygen atoms in total. The van der Waals surface area contributed by atoms with Gasteiger partial charge in [0.05, 0.1) is 0 Å². The summed E-state index contributed by atoms with van der Waals surface area (Å²) in [5, 5.41) is 0. The van der Waals surface area contributed by atoms with Crippen molar-refractivity contribution in [2.75, 3.05) is 39.8 Å². The molecule has 0 aromatic rings. The second-order valence-corrected chi connectivity index (χ2v) is 4.80. The van der Waals surface area contributed by atoms with Gasteiger partial charge in [-0.15, -0.1) is 0 Å². The van der Waals surface area contributed by atoms with E-state index in [4.69, 9.17) is 0 Å². The predicted molar refractivity (Wildman–Crippen MR) is 62.6 cm³/mol. The van der Waals surface area contributed by atoms with Crippen molar-refractivity contribution in [3.8, 4) is 0 Å². The fourth-order valence-corrected chi connectivity index (χ4v) is 1.94. The molecule has 0 radical (unpaired) electrons. The summed E-state index contributed by atoms with van der Waals surface area (Å²) in [7, 11) is 2.22. The highest BCUT2D eigenvalue weighted by Crippen LogP contribution is 2.10. The van der Waals surface area contributed by atoms with Crippen LogP contribution in [0, 0.1) is 5.92 Å². The maximum atomic E-state index is 2.61. The third kappa shape index (κ3) is 4.43. The van der Waals surface area contributed by atoms with Crippen LogP contribution in [0.5, 0.6) is 0 Å². The van der Waals surface area contributed by atoms with Crippen LogP contribution in [0.25, 0.3) is 0 Å². The van der Waals surface area contributed by atoms with Gasteiger partial charge in [-0.05, 0) is 32.4 Å². The zero-order valence-electron chi connectivity index (χ0n) is 10.1. The van der Waals surface area contributed by atoms with Crippen molar-refractivity contribution < 1.29 is 0 Å². The maximum Gasteiger partial charge on any atom is 0.0110 e. The van der Waals surface area contributed by atoms with Crippen LogP contribution in [-0.2, 0) is 0 Å². The van der Waals surface area contributed by atoms with Crippen molar-refractivity contribution in [1.29, 1.82) is 0 Å². The van der Waals surface area contributed by atoms with E-state index in [1.54, 1.807) is 0 Å². The Balaban J connectivity index is 2.02. The third-order valence-corrected chi connectivity index (χ3v) is 3.46. The van der Waals surface area contributed by atoms with Gasteiger partial charge >= 0.3 is 0 Å². The highest BCUT2D eigenvalue weighted by Gasteiger charge is 2.12. The Morgan fingerprint density at radius 1 is 1.14 bits per heavy atom. The quantitative estimate of drug-likeness (QED) is 0.667. The van der Waals surface area contributed by atoms with Crippen molar-refractivity contribution >= 4 is 0 Å². The third-order valence-electron chi connectivity index (χ3n) is 3.46. The molecule has 0 bridgehead atoms. The molecule has 0 saturated carbocycles. The van der Waals surface area contributed by atoms with E-state index >= 15 is 0 Å². The van der Waals surface area contributed by atoms with Crippen molar-refractivity contribution in [2.24, 2.45) is 5.92 Å². The minimum Gasteiger partial charge on any atom is -0.304 e. The lowest BCUT2D eigenvalue weighted by Crippen LogP contribution is -2.44. The van der Waals surface area contributed by atoms with E-state index in [1.165, 1.54) is 52.0 Å². The Morgan fingerprint density at radius 2 is 1.79 bits per heavy atom. The van der Waals surface area contributed by atoms with Crippen molar-refractivity contribution in [3.63, 3.8) is 0 Å². The number of piperazine rings is 1. The van der Waals surface area contributed by atoms with E-state index in [9.17, 15) is 0 Å². The zero-order valence-corrected chi connectivity index (χ0v) is 10.1. The van der Waals surface area contributed by atoms with Crippen LogP contribution in [0.4, 0.5) is 0 Å². The lowest BCUT2D eigenvalue weighted by molar-refractivity contribution is 0.150. The summed E-state index contributed by atoms with van der Waals surface area (Å²) in [4.78, 5) is 5.04. The molecule has 1 unspecified atom stereocenters. The Bertz CT molecular complexity index is 139. The monoisotopic (exact) mass is 198 g/mol. The normalized spacial score (nSPS) is 22.5. The van der Waals surface area contributed by atoms with Gasteiger partial charge in [-0.2, -0.15) is 0 Å². The van der Waals surface area contributed by atoms with Crippen LogP contribution in [0.3, 0.4) is 0 Å². The lowest BCUT2D eigenvalue weighted by atomic mass is 10.0. The second kappa shape index (κ2) is 6.41. The molecule has 0 spiro atoms. The summed E-state index contributed by atoms with van der Waals surface area (Å²) in [5.74, 6) is 0.919. The molecule has 0 aliphatic carbocycles. The molecule has 0 N–H and O–H groups in total. The summed E-state index contributed by atoms with van der Waals surface area (Å²) in [6.07, 6.45) is 4.13. The topological polar surface area (TPSA) is 6.48 Å². The van der Waals surface area contributed by atoms with Crippen molar-refractivity contribution in [2.45, 2.75) is 33.1 Å². The van der Waals surface area contributed by atoms with E-state index in [2.05, 4.69) is 30.7 Å². The van der Waals surface area contributed by atoms with Crippen LogP contribution in [0.15, 0.2) is 0 Å². The fourth-order valence-electron chi connectivity index (χ4n) is 1.94. The molecule has 1 aliphatic heterocycles. The number of hydrogen-bond donors (Lipinski definition) is 0. The standard InChI is InChI=1S/C12H26N2/c1-4-12(2)6-5-7-14-10-8-13(3)9-11-14/h12H,4-11H2,1-3H3. The molecule has 1 heterocycles. The SMILES string of the molecule is CCC(C)CCCN1CCN(C)CC1. The van der Waals surface area contributed by atoms with Crippen LogP contribution in [0.1, 0.15) is 33.1 Å². The first-order valence-corrected chi connectivity index (χ1v) is 6.13. The van der Waals surface area contributed by atoms with Gasteiger partial charge in [0, 0.05) is 26.2 Å². The molecule has 0 amide bonds. The number of hydrogen-bond acceptors (Lipinski definition) is 2. The predicted octanol–water partition coefficient (Wildman–Crippen LogP) is 2.06. The maximum absolute atomic E-state index is 2.61. The second-order valence-electron chi connectivity index (χ2n) is 4.80. The Morgan fingerprint density at radius 3 is 2.36 bits per heavy atom. The highest BCUT2D eigenvalue weighted by molar-refractivity contribution is 4.69. The smallest absolute Gasteiger partial charge is 0.0110 e. The number of nitrogens with zero attached hydrogens (tertiary/aromatic N) is 2. The molecule has 0 aromatic heterocycles. The molecule has 1 aliphatic rings. The molecule has 1 saturated heterocycles. The summed E-state index contributed by atoms with van der Waals surface area (Å²) in [6, 6.07) is 0. The molecule has 1 atom stereocenters. The van der Waals surface area contributed by atoms with Crippen molar-refractivity contribution in [3.05, 3.63) is 0 Å². The average molecular weight is 198 g/mol. The van der Waals surface area contributed by atoms with E-state index in [-0.39, 0.29) is 0 Å². The summed E-state index contributed by atoms with van der Waals surface area (Å²) >= 11 is 0. The van der Waals surface area contributed by atoms with Gasteiger partial charge in [0.1, 0.15) is 0 Å². The van der Waals surface area contributed by atoms with Gasteiger partial charge < -0.3 is 9.80 Å². The summed E-state index contributed by atoms with van der Waals surface area (Å²) in [6.45, 7) is 11.0. The number of rotatable bonds is 5. The van der Waals surface area contributed by atoms with Gasteiger partial charge in [0.25, 0.3) is 0 Å². The van der Waals surface area contributed by atoms with Gasteiger partial charge in [0.2, 0.25) is 0 Å². The zero-order chi connectivity index (χ0) is 10.4. The number of likely N-dealkylation sites (N-methyl/N-ethyl adjacent to an activating group) is 1. The Hall–Kier alpha value is -0.0800. The first kappa shape index (κ1) is 12.0. The minimum atomic E-state index is 0.919. The first-order valence-electron chi connectivity index (χ1n) is 6.13. The molecule has 84 valence electrons. The summed E-state index contributed by atoms with van der Waals surface area (Å²) < 4.78 is 0. The average Bonchev–Trinajstić information content (AvgIpc) is 2.21. The molecule has 1 fully saturated rings. The highest BCUT2D eigenvalue weighted by atomic mass is 15.2. The molecule has 0 aromatic carbocycles. The molecule has 2 heteroatoms. The van der Waals surface area contributed by atoms with Gasteiger partial charge in [0.15, 0.2) is 0 Å². The summed E-state index contributed by atoms with van der Waals surface area (Å²) in [5.41, 5.74) is 0. The van der Waals surface area contributed by atoms with Crippen LogP contribution in [0.2, 0.25) is 0 Å². The van der Waals surface area contributed by atoms with Crippen LogP contribution >= 0.6 is 0 Å². The van der Waals surface area contributed by atoms with Gasteiger partial charge in [-0.1, -0.05) is 20.3 Å². The fraction of sp³-hybridized carbons (Fsp3) is 1.00. The molecule has 1 rings (SSSR count).